The van der Waals surface area contributed by atoms with Crippen LogP contribution in [0.15, 0.2) is 48.5 Å². The lowest BCUT2D eigenvalue weighted by Gasteiger charge is -2.49. The van der Waals surface area contributed by atoms with E-state index in [1.165, 1.54) is 11.3 Å². The average Bonchev–Trinajstić information content (AvgIpc) is 2.72. The largest absolute Gasteiger partial charge is 0.368 e. The lowest BCUT2D eigenvalue weighted by molar-refractivity contribution is -0.125. The molecule has 0 aliphatic carbocycles. The van der Waals surface area contributed by atoms with E-state index < -0.39 is 0 Å². The van der Waals surface area contributed by atoms with E-state index in [1.807, 2.05) is 32.3 Å². The van der Waals surface area contributed by atoms with E-state index in [9.17, 15) is 4.79 Å². The Morgan fingerprint density at radius 3 is 2.79 bits per heavy atom. The molecule has 0 spiro atoms. The fourth-order valence-corrected chi connectivity index (χ4v) is 4.68. The Bertz CT molecular complexity index is 871. The van der Waals surface area contributed by atoms with Gasteiger partial charge in [-0.25, -0.2) is 0 Å². The number of hydrogen-bond donors (Lipinski definition) is 1. The van der Waals surface area contributed by atoms with Crippen LogP contribution in [0.25, 0.3) is 0 Å². The molecule has 154 valence electrons. The number of rotatable bonds is 5. The number of nitrogens with zero attached hydrogens (tertiary/aromatic N) is 3. The van der Waals surface area contributed by atoms with Gasteiger partial charge in [-0.2, -0.15) is 0 Å². The zero-order chi connectivity index (χ0) is 20.4. The van der Waals surface area contributed by atoms with Gasteiger partial charge >= 0.3 is 0 Å². The number of amides is 1. The monoisotopic (exact) mass is 412 g/mol. The molecule has 2 aliphatic rings. The number of hydrogen-bond acceptors (Lipinski definition) is 4. The topological polar surface area (TPSA) is 38.8 Å². The van der Waals surface area contributed by atoms with Crippen LogP contribution in [-0.2, 0) is 11.2 Å². The van der Waals surface area contributed by atoms with Crippen molar-refractivity contribution in [1.82, 2.24) is 10.2 Å². The number of carbonyl (C=O) groups is 1. The van der Waals surface area contributed by atoms with Crippen LogP contribution in [0.4, 0.5) is 11.4 Å². The lowest BCUT2D eigenvalue weighted by atomic mass is 9.83. The summed E-state index contributed by atoms with van der Waals surface area (Å²) in [5.74, 6) is 0.0957. The third kappa shape index (κ3) is 4.36. The summed E-state index contributed by atoms with van der Waals surface area (Å²) in [7, 11) is 4.05. The highest BCUT2D eigenvalue weighted by Gasteiger charge is 2.41. The van der Waals surface area contributed by atoms with E-state index >= 15 is 0 Å². The first-order valence-electron chi connectivity index (χ1n) is 10.3. The van der Waals surface area contributed by atoms with E-state index in [0.717, 1.165) is 43.3 Å². The van der Waals surface area contributed by atoms with Crippen LogP contribution < -0.4 is 15.1 Å². The van der Waals surface area contributed by atoms with Crippen LogP contribution in [0, 0.1) is 5.92 Å². The Morgan fingerprint density at radius 2 is 2.00 bits per heavy atom. The summed E-state index contributed by atoms with van der Waals surface area (Å²) in [5.41, 5.74) is 3.68. The number of para-hydroxylation sites is 1. The molecule has 2 aromatic rings. The normalized spacial score (nSPS) is 21.0. The SMILES string of the molecule is CN(C)CCNC(=O)C1Cc2ccccc2N2CCN(c3cccc(Cl)c3)CC12. The predicted octanol–water partition coefficient (Wildman–Crippen LogP) is 2.89. The highest BCUT2D eigenvalue weighted by molar-refractivity contribution is 6.30. The van der Waals surface area contributed by atoms with Gasteiger partial charge in [-0.05, 0) is 50.3 Å². The number of fused-ring (bicyclic) bond motifs is 3. The van der Waals surface area contributed by atoms with E-state index in [1.54, 1.807) is 0 Å². The van der Waals surface area contributed by atoms with E-state index in [-0.39, 0.29) is 17.9 Å². The minimum Gasteiger partial charge on any atom is -0.368 e. The molecular formula is C23H29ClN4O. The van der Waals surface area contributed by atoms with Gasteiger partial charge in [-0.1, -0.05) is 35.9 Å². The molecule has 1 fully saturated rings. The second kappa shape index (κ2) is 8.64. The van der Waals surface area contributed by atoms with E-state index in [2.05, 4.69) is 50.3 Å². The summed E-state index contributed by atoms with van der Waals surface area (Å²) in [4.78, 5) is 20.0. The lowest BCUT2D eigenvalue weighted by Crippen LogP contribution is -2.61. The van der Waals surface area contributed by atoms with Crippen molar-refractivity contribution < 1.29 is 4.79 Å². The molecule has 5 nitrogen and oxygen atoms in total. The van der Waals surface area contributed by atoms with Crippen molar-refractivity contribution in [2.45, 2.75) is 12.5 Å². The van der Waals surface area contributed by atoms with Crippen LogP contribution in [-0.4, -0.2) is 63.7 Å². The van der Waals surface area contributed by atoms with Crippen molar-refractivity contribution in [2.75, 3.05) is 56.6 Å². The van der Waals surface area contributed by atoms with Gasteiger partial charge in [0, 0.05) is 49.1 Å². The summed E-state index contributed by atoms with van der Waals surface area (Å²) >= 11 is 6.23. The van der Waals surface area contributed by atoms with E-state index in [0.29, 0.717) is 6.54 Å². The highest BCUT2D eigenvalue weighted by Crippen LogP contribution is 2.37. The Labute approximate surface area is 178 Å². The number of halogens is 1. The zero-order valence-electron chi connectivity index (χ0n) is 17.1. The standard InChI is InChI=1S/C23H29ClN4O/c1-26(2)11-10-25-23(29)20-14-17-6-3-4-9-21(17)28-13-12-27(16-22(20)28)19-8-5-7-18(24)15-19/h3-9,15,20,22H,10-14,16H2,1-2H3,(H,25,29). The van der Waals surface area contributed by atoms with Gasteiger partial charge in [0.05, 0.1) is 12.0 Å². The molecule has 2 heterocycles. The molecule has 0 saturated carbocycles. The molecule has 0 bridgehead atoms. The predicted molar refractivity (Wildman–Crippen MR) is 120 cm³/mol. The van der Waals surface area contributed by atoms with Gasteiger partial charge in [0.25, 0.3) is 0 Å². The Balaban J connectivity index is 1.58. The van der Waals surface area contributed by atoms with Crippen molar-refractivity contribution in [3.8, 4) is 0 Å². The Kier molecular flexibility index (Phi) is 5.97. The van der Waals surface area contributed by atoms with Crippen LogP contribution in [0.5, 0.6) is 0 Å². The molecule has 0 radical (unpaired) electrons. The molecule has 2 aliphatic heterocycles. The molecule has 0 aromatic heterocycles. The minimum absolute atomic E-state index is 0.0611. The minimum atomic E-state index is -0.0611. The van der Waals surface area contributed by atoms with Gasteiger partial charge in [-0.3, -0.25) is 4.79 Å². The highest BCUT2D eigenvalue weighted by atomic mass is 35.5. The summed E-state index contributed by atoms with van der Waals surface area (Å²) in [6, 6.07) is 16.7. The van der Waals surface area contributed by atoms with Crippen molar-refractivity contribution in [3.63, 3.8) is 0 Å². The number of carbonyl (C=O) groups excluding carboxylic acids is 1. The summed E-state index contributed by atoms with van der Waals surface area (Å²) in [6.45, 7) is 4.16. The van der Waals surface area contributed by atoms with Crippen LogP contribution >= 0.6 is 11.6 Å². The van der Waals surface area contributed by atoms with Crippen LogP contribution in [0.1, 0.15) is 5.56 Å². The van der Waals surface area contributed by atoms with Crippen molar-refractivity contribution >= 4 is 28.9 Å². The molecule has 1 saturated heterocycles. The number of benzene rings is 2. The Hall–Kier alpha value is -2.24. The van der Waals surface area contributed by atoms with Crippen molar-refractivity contribution in [2.24, 2.45) is 5.92 Å². The van der Waals surface area contributed by atoms with Gasteiger partial charge in [-0.15, -0.1) is 0 Å². The first kappa shape index (κ1) is 20.0. The van der Waals surface area contributed by atoms with Crippen LogP contribution in [0.3, 0.4) is 0 Å². The fraction of sp³-hybridized carbons (Fsp3) is 0.435. The van der Waals surface area contributed by atoms with Crippen molar-refractivity contribution in [3.05, 3.63) is 59.1 Å². The summed E-state index contributed by atoms with van der Waals surface area (Å²) in [6.07, 6.45) is 0.786. The molecular weight excluding hydrogens is 384 g/mol. The maximum Gasteiger partial charge on any atom is 0.225 e. The van der Waals surface area contributed by atoms with Crippen LogP contribution in [0.2, 0.25) is 5.02 Å². The molecule has 2 unspecified atom stereocenters. The second-order valence-corrected chi connectivity index (χ2v) is 8.66. The molecule has 6 heteroatoms. The van der Waals surface area contributed by atoms with Gasteiger partial charge in [0.1, 0.15) is 0 Å². The summed E-state index contributed by atoms with van der Waals surface area (Å²) in [5, 5.41) is 3.91. The summed E-state index contributed by atoms with van der Waals surface area (Å²) < 4.78 is 0. The van der Waals surface area contributed by atoms with Crippen molar-refractivity contribution in [1.29, 1.82) is 0 Å². The van der Waals surface area contributed by atoms with Gasteiger partial charge < -0.3 is 20.0 Å². The smallest absolute Gasteiger partial charge is 0.225 e. The van der Waals surface area contributed by atoms with E-state index in [4.69, 9.17) is 11.6 Å². The fourth-order valence-electron chi connectivity index (χ4n) is 4.50. The maximum absolute atomic E-state index is 13.1. The maximum atomic E-state index is 13.1. The average molecular weight is 413 g/mol. The number of likely N-dealkylation sites (N-methyl/N-ethyl adjacent to an activating group) is 1. The molecule has 4 rings (SSSR count). The second-order valence-electron chi connectivity index (χ2n) is 8.22. The molecule has 29 heavy (non-hydrogen) atoms. The molecule has 1 N–H and O–H groups in total. The third-order valence-electron chi connectivity index (χ3n) is 5.99. The third-order valence-corrected chi connectivity index (χ3v) is 6.23. The van der Waals surface area contributed by atoms with Gasteiger partial charge in [0.2, 0.25) is 5.91 Å². The molecule has 1 amide bonds. The first-order valence-corrected chi connectivity index (χ1v) is 10.7. The molecule has 2 atom stereocenters. The van der Waals surface area contributed by atoms with Gasteiger partial charge in [0.15, 0.2) is 0 Å². The number of anilines is 2. The first-order chi connectivity index (χ1) is 14.0. The number of piperazine rings is 1. The number of nitrogens with one attached hydrogen (secondary N) is 1. The Morgan fingerprint density at radius 1 is 1.17 bits per heavy atom. The zero-order valence-corrected chi connectivity index (χ0v) is 17.9. The molecule has 2 aromatic carbocycles. The quantitative estimate of drug-likeness (QED) is 0.819.